The first-order valence-corrected chi connectivity index (χ1v) is 9.57. The van der Waals surface area contributed by atoms with Gasteiger partial charge in [0, 0.05) is 5.39 Å². The standard InChI is InChI=1S/C20H17N5O2S/c1-27-18-12-5-4-10-16(18)21-19(26)13-28-20-22-23-24-25(20)17-11-6-8-14-7-2-3-9-15(14)17/h2-12H,13H2,1H3,(H,21,26). The van der Waals surface area contributed by atoms with Crippen LogP contribution in [0.4, 0.5) is 5.69 Å². The molecule has 0 atom stereocenters. The minimum atomic E-state index is -0.165. The molecule has 28 heavy (non-hydrogen) atoms. The molecule has 3 aromatic carbocycles. The first kappa shape index (κ1) is 18.0. The fourth-order valence-corrected chi connectivity index (χ4v) is 3.56. The lowest BCUT2D eigenvalue weighted by Gasteiger charge is -2.10. The van der Waals surface area contributed by atoms with Crippen molar-refractivity contribution < 1.29 is 9.53 Å². The number of hydrogen-bond donors (Lipinski definition) is 1. The van der Waals surface area contributed by atoms with Gasteiger partial charge >= 0.3 is 0 Å². The molecule has 0 aliphatic rings. The maximum atomic E-state index is 12.4. The molecule has 140 valence electrons. The number of para-hydroxylation sites is 2. The zero-order valence-corrected chi connectivity index (χ0v) is 15.9. The number of rotatable bonds is 6. The van der Waals surface area contributed by atoms with Crippen LogP contribution in [0, 0.1) is 0 Å². The van der Waals surface area contributed by atoms with Crippen molar-refractivity contribution >= 4 is 34.1 Å². The number of thioether (sulfide) groups is 1. The van der Waals surface area contributed by atoms with Crippen LogP contribution < -0.4 is 10.1 Å². The zero-order valence-electron chi connectivity index (χ0n) is 15.1. The Bertz CT molecular complexity index is 1120. The lowest BCUT2D eigenvalue weighted by atomic mass is 10.1. The highest BCUT2D eigenvalue weighted by molar-refractivity contribution is 7.99. The number of carbonyl (C=O) groups is 1. The van der Waals surface area contributed by atoms with Crippen LogP contribution in [0.2, 0.25) is 0 Å². The molecule has 1 N–H and O–H groups in total. The molecule has 4 aromatic rings. The van der Waals surface area contributed by atoms with Crippen molar-refractivity contribution in [2.75, 3.05) is 18.2 Å². The SMILES string of the molecule is COc1ccccc1NC(=O)CSc1nnnn1-c1cccc2ccccc12. The van der Waals surface area contributed by atoms with E-state index in [1.165, 1.54) is 11.8 Å². The topological polar surface area (TPSA) is 81.9 Å². The fraction of sp³-hybridized carbons (Fsp3) is 0.100. The van der Waals surface area contributed by atoms with E-state index in [1.54, 1.807) is 23.9 Å². The van der Waals surface area contributed by atoms with Crippen LogP contribution in [0.3, 0.4) is 0 Å². The van der Waals surface area contributed by atoms with Crippen molar-refractivity contribution in [1.29, 1.82) is 0 Å². The number of methoxy groups -OCH3 is 1. The minimum absolute atomic E-state index is 0.165. The van der Waals surface area contributed by atoms with Crippen molar-refractivity contribution in [1.82, 2.24) is 20.2 Å². The lowest BCUT2D eigenvalue weighted by Crippen LogP contribution is -2.15. The molecule has 7 nitrogen and oxygen atoms in total. The summed E-state index contributed by atoms with van der Waals surface area (Å²) in [4.78, 5) is 12.4. The molecule has 1 heterocycles. The van der Waals surface area contributed by atoms with Gasteiger partial charge in [0.2, 0.25) is 11.1 Å². The van der Waals surface area contributed by atoms with Crippen LogP contribution >= 0.6 is 11.8 Å². The van der Waals surface area contributed by atoms with E-state index in [2.05, 4.69) is 20.8 Å². The van der Waals surface area contributed by atoms with Crippen molar-refractivity contribution in [2.24, 2.45) is 0 Å². The Morgan fingerprint density at radius 3 is 2.75 bits per heavy atom. The van der Waals surface area contributed by atoms with E-state index in [0.29, 0.717) is 16.6 Å². The third-order valence-electron chi connectivity index (χ3n) is 4.15. The number of amides is 1. The molecule has 8 heteroatoms. The number of nitrogens with zero attached hydrogens (tertiary/aromatic N) is 4. The van der Waals surface area contributed by atoms with Crippen LogP contribution in [-0.4, -0.2) is 39.0 Å². The quantitative estimate of drug-likeness (QED) is 0.506. The molecule has 1 aromatic heterocycles. The highest BCUT2D eigenvalue weighted by Crippen LogP contribution is 2.26. The monoisotopic (exact) mass is 391 g/mol. The molecule has 0 bridgehead atoms. The summed E-state index contributed by atoms with van der Waals surface area (Å²) in [6, 6.07) is 21.3. The number of hydrogen-bond acceptors (Lipinski definition) is 6. The Morgan fingerprint density at radius 1 is 1.07 bits per heavy atom. The summed E-state index contributed by atoms with van der Waals surface area (Å²) in [7, 11) is 1.57. The first-order valence-electron chi connectivity index (χ1n) is 8.58. The van der Waals surface area contributed by atoms with Gasteiger partial charge in [0.1, 0.15) is 5.75 Å². The molecule has 4 rings (SSSR count). The third kappa shape index (κ3) is 3.67. The Kier molecular flexibility index (Phi) is 5.20. The number of anilines is 1. The molecule has 0 unspecified atom stereocenters. The highest BCUT2D eigenvalue weighted by Gasteiger charge is 2.14. The number of benzene rings is 3. The minimum Gasteiger partial charge on any atom is -0.495 e. The van der Waals surface area contributed by atoms with Crippen LogP contribution in [0.15, 0.2) is 71.9 Å². The second-order valence-corrected chi connectivity index (χ2v) is 6.85. The van der Waals surface area contributed by atoms with E-state index in [-0.39, 0.29) is 11.7 Å². The van der Waals surface area contributed by atoms with Crippen LogP contribution in [-0.2, 0) is 4.79 Å². The molecule has 0 saturated heterocycles. The summed E-state index contributed by atoms with van der Waals surface area (Å²) < 4.78 is 6.91. The number of ether oxygens (including phenoxy) is 1. The molecule has 0 aliphatic carbocycles. The van der Waals surface area contributed by atoms with E-state index in [4.69, 9.17) is 4.74 Å². The predicted molar refractivity (Wildman–Crippen MR) is 109 cm³/mol. The smallest absolute Gasteiger partial charge is 0.234 e. The molecule has 0 saturated carbocycles. The number of aromatic nitrogens is 4. The zero-order chi connectivity index (χ0) is 19.3. The largest absolute Gasteiger partial charge is 0.495 e. The average Bonchev–Trinajstić information content (AvgIpc) is 3.20. The van der Waals surface area contributed by atoms with Crippen LogP contribution in [0.1, 0.15) is 0 Å². The number of nitrogens with one attached hydrogen (secondary N) is 1. The van der Waals surface area contributed by atoms with Crippen LogP contribution in [0.25, 0.3) is 16.5 Å². The maximum absolute atomic E-state index is 12.4. The maximum Gasteiger partial charge on any atom is 0.234 e. The first-order chi connectivity index (χ1) is 13.8. The van der Waals surface area contributed by atoms with Gasteiger partial charge in [0.05, 0.1) is 24.2 Å². The van der Waals surface area contributed by atoms with Gasteiger partial charge in [-0.3, -0.25) is 4.79 Å². The number of carbonyl (C=O) groups excluding carboxylic acids is 1. The van der Waals surface area contributed by atoms with Gasteiger partial charge in [-0.15, -0.1) is 5.10 Å². The second kappa shape index (κ2) is 8.10. The molecule has 0 spiro atoms. The number of fused-ring (bicyclic) bond motifs is 1. The van der Waals surface area contributed by atoms with Gasteiger partial charge in [-0.05, 0) is 34.0 Å². The van der Waals surface area contributed by atoms with Gasteiger partial charge in [0.25, 0.3) is 0 Å². The summed E-state index contributed by atoms with van der Waals surface area (Å²) in [5, 5.41) is 17.5. The van der Waals surface area contributed by atoms with Gasteiger partial charge < -0.3 is 10.1 Å². The highest BCUT2D eigenvalue weighted by atomic mass is 32.2. The Morgan fingerprint density at radius 2 is 1.86 bits per heavy atom. The van der Waals surface area contributed by atoms with Crippen molar-refractivity contribution in [3.8, 4) is 11.4 Å². The third-order valence-corrected chi connectivity index (χ3v) is 5.07. The van der Waals surface area contributed by atoms with Crippen LogP contribution in [0.5, 0.6) is 5.75 Å². The van der Waals surface area contributed by atoms with E-state index < -0.39 is 0 Å². The summed E-state index contributed by atoms with van der Waals surface area (Å²) in [6.45, 7) is 0. The fourth-order valence-electron chi connectivity index (χ4n) is 2.88. The Hall–Kier alpha value is -3.39. The van der Waals surface area contributed by atoms with Gasteiger partial charge in [0.15, 0.2) is 0 Å². The summed E-state index contributed by atoms with van der Waals surface area (Å²) in [5.41, 5.74) is 1.50. The van der Waals surface area contributed by atoms with E-state index in [1.807, 2.05) is 54.6 Å². The van der Waals surface area contributed by atoms with Gasteiger partial charge in [-0.2, -0.15) is 4.68 Å². The Labute approximate surface area is 165 Å². The lowest BCUT2D eigenvalue weighted by molar-refractivity contribution is -0.113. The molecule has 0 radical (unpaired) electrons. The molecule has 0 fully saturated rings. The summed E-state index contributed by atoms with van der Waals surface area (Å²) in [5.74, 6) is 0.617. The van der Waals surface area contributed by atoms with E-state index in [9.17, 15) is 4.79 Å². The molecular weight excluding hydrogens is 374 g/mol. The predicted octanol–water partition coefficient (Wildman–Crippen LogP) is 3.55. The average molecular weight is 391 g/mol. The normalized spacial score (nSPS) is 10.8. The molecular formula is C20H17N5O2S. The molecule has 1 amide bonds. The Balaban J connectivity index is 1.51. The van der Waals surface area contributed by atoms with Crippen molar-refractivity contribution in [3.63, 3.8) is 0 Å². The van der Waals surface area contributed by atoms with Gasteiger partial charge in [-0.25, -0.2) is 0 Å². The van der Waals surface area contributed by atoms with Crippen molar-refractivity contribution in [3.05, 3.63) is 66.7 Å². The van der Waals surface area contributed by atoms with E-state index in [0.717, 1.165) is 16.5 Å². The second-order valence-electron chi connectivity index (χ2n) is 5.91. The van der Waals surface area contributed by atoms with Gasteiger partial charge in [-0.1, -0.05) is 60.3 Å². The van der Waals surface area contributed by atoms with E-state index >= 15 is 0 Å². The number of tetrazole rings is 1. The summed E-state index contributed by atoms with van der Waals surface area (Å²) in [6.07, 6.45) is 0. The van der Waals surface area contributed by atoms with Crippen molar-refractivity contribution in [2.45, 2.75) is 5.16 Å². The molecule has 0 aliphatic heterocycles. The summed E-state index contributed by atoms with van der Waals surface area (Å²) >= 11 is 1.27.